The Labute approximate surface area is 111 Å². The topological polar surface area (TPSA) is 58.1 Å². The zero-order chi connectivity index (χ0) is 13.2. The summed E-state index contributed by atoms with van der Waals surface area (Å²) in [5.41, 5.74) is 11.6. The van der Waals surface area contributed by atoms with Gasteiger partial charge in [0, 0.05) is 11.1 Å². The molecule has 94 valence electrons. The number of hydrogen-bond acceptors (Lipinski definition) is 2. The molecule has 3 N–H and O–H groups in total. The van der Waals surface area contributed by atoms with Crippen LogP contribution in [0, 0.1) is 0 Å². The minimum atomic E-state index is -0.156. The van der Waals surface area contributed by atoms with Gasteiger partial charge in [0.15, 0.2) is 0 Å². The summed E-state index contributed by atoms with van der Waals surface area (Å²) >= 11 is 0. The molecule has 0 aliphatic carbocycles. The predicted octanol–water partition coefficient (Wildman–Crippen LogP) is 1.26. The molecular formula is C15H14N3O+. The number of fused-ring (bicyclic) bond motifs is 1. The van der Waals surface area contributed by atoms with Crippen LogP contribution in [0.5, 0.6) is 0 Å². The number of carbonyl (C=O) groups excluding carboxylic acids is 1. The predicted molar refractivity (Wildman–Crippen MR) is 72.6 cm³/mol. The van der Waals surface area contributed by atoms with E-state index in [0.29, 0.717) is 17.9 Å². The molecule has 0 fully saturated rings. The monoisotopic (exact) mass is 252 g/mol. The number of rotatable bonds is 2. The minimum Gasteiger partial charge on any atom is -0.285 e. The van der Waals surface area contributed by atoms with Crippen LogP contribution in [-0.4, -0.2) is 16.4 Å². The molecule has 1 aliphatic heterocycles. The number of nitrogens with two attached hydrogens (primary N) is 1. The van der Waals surface area contributed by atoms with Crippen LogP contribution in [0.4, 0.5) is 0 Å². The lowest BCUT2D eigenvalue weighted by Gasteiger charge is -2.04. The van der Waals surface area contributed by atoms with E-state index in [1.807, 2.05) is 42.5 Å². The Morgan fingerprint density at radius 1 is 1.05 bits per heavy atom. The van der Waals surface area contributed by atoms with Gasteiger partial charge in [-0.05, 0) is 18.2 Å². The molecule has 0 radical (unpaired) electrons. The fourth-order valence-corrected chi connectivity index (χ4v) is 2.19. The molecule has 3 rings (SSSR count). The van der Waals surface area contributed by atoms with Gasteiger partial charge < -0.3 is 0 Å². The van der Waals surface area contributed by atoms with Crippen molar-refractivity contribution in [3.63, 3.8) is 0 Å². The maximum absolute atomic E-state index is 12.1. The van der Waals surface area contributed by atoms with Gasteiger partial charge in [-0.3, -0.25) is 10.5 Å². The lowest BCUT2D eigenvalue weighted by molar-refractivity contribution is -0.584. The van der Waals surface area contributed by atoms with Gasteiger partial charge in [0.25, 0.3) is 11.7 Å². The normalized spacial score (nSPS) is 13.3. The summed E-state index contributed by atoms with van der Waals surface area (Å²) in [6.07, 6.45) is 0. The van der Waals surface area contributed by atoms with E-state index in [4.69, 9.17) is 5.73 Å². The Bertz CT molecular complexity index is 662. The van der Waals surface area contributed by atoms with Crippen LogP contribution in [0.2, 0.25) is 0 Å². The Hall–Kier alpha value is -2.62. The summed E-state index contributed by atoms with van der Waals surface area (Å²) in [6, 6.07) is 17.0. The molecule has 0 unspecified atom stereocenters. The lowest BCUT2D eigenvalue weighted by Crippen LogP contribution is -2.38. The summed E-state index contributed by atoms with van der Waals surface area (Å²) in [5, 5.41) is 0. The van der Waals surface area contributed by atoms with E-state index < -0.39 is 0 Å². The van der Waals surface area contributed by atoms with Crippen LogP contribution in [0.25, 0.3) is 0 Å². The highest BCUT2D eigenvalue weighted by Crippen LogP contribution is 2.15. The van der Waals surface area contributed by atoms with Crippen molar-refractivity contribution in [2.75, 3.05) is 0 Å². The Balaban J connectivity index is 1.83. The molecular weight excluding hydrogens is 238 g/mol. The fourth-order valence-electron chi connectivity index (χ4n) is 2.19. The highest BCUT2D eigenvalue weighted by molar-refractivity contribution is 5.98. The second-order valence-corrected chi connectivity index (χ2v) is 4.44. The third kappa shape index (κ3) is 2.08. The van der Waals surface area contributed by atoms with Gasteiger partial charge in [0.05, 0.1) is 5.56 Å². The molecule has 1 heterocycles. The number of hydrogen-bond donors (Lipinski definition) is 2. The fraction of sp³-hybridized carbons (Fsp3) is 0.0667. The number of nitrogens with one attached hydrogen (secondary N) is 1. The molecule has 0 saturated carbocycles. The second-order valence-electron chi connectivity index (χ2n) is 4.44. The molecule has 0 saturated heterocycles. The summed E-state index contributed by atoms with van der Waals surface area (Å²) in [4.78, 5) is 12.1. The molecule has 0 bridgehead atoms. The quantitative estimate of drug-likeness (QED) is 0.791. The number of benzene rings is 2. The maximum Gasteiger partial charge on any atom is 0.299 e. The first-order valence-electron chi connectivity index (χ1n) is 6.10. The molecule has 0 spiro atoms. The average Bonchev–Trinajstić information content (AvgIpc) is 2.77. The lowest BCUT2D eigenvalue weighted by atomic mass is 10.1. The van der Waals surface area contributed by atoms with Crippen molar-refractivity contribution in [3.8, 4) is 0 Å². The van der Waals surface area contributed by atoms with Gasteiger partial charge in [0.2, 0.25) is 0 Å². The summed E-state index contributed by atoms with van der Waals surface area (Å²) in [7, 11) is 0. The van der Waals surface area contributed by atoms with E-state index in [0.717, 1.165) is 11.1 Å². The van der Waals surface area contributed by atoms with Crippen LogP contribution in [0.1, 0.15) is 21.5 Å². The van der Waals surface area contributed by atoms with E-state index in [1.54, 1.807) is 16.8 Å². The second kappa shape index (κ2) is 4.57. The van der Waals surface area contributed by atoms with Gasteiger partial charge in [-0.15, -0.1) is 0 Å². The van der Waals surface area contributed by atoms with Crippen LogP contribution in [-0.2, 0) is 6.54 Å². The number of carbonyl (C=O) groups is 1. The maximum atomic E-state index is 12.1. The van der Waals surface area contributed by atoms with Crippen LogP contribution < -0.4 is 11.2 Å². The average molecular weight is 252 g/mol. The number of hydrazine groups is 1. The SMILES string of the molecule is NC1=[N+](NC(=O)c2ccccc2)Cc2ccccc21. The molecule has 2 aromatic rings. The van der Waals surface area contributed by atoms with Gasteiger partial charge in [-0.2, -0.15) is 10.1 Å². The Morgan fingerprint density at radius 3 is 2.47 bits per heavy atom. The van der Waals surface area contributed by atoms with Gasteiger partial charge >= 0.3 is 0 Å². The third-order valence-corrected chi connectivity index (χ3v) is 3.19. The van der Waals surface area contributed by atoms with Crippen molar-refractivity contribution in [2.24, 2.45) is 5.73 Å². The zero-order valence-electron chi connectivity index (χ0n) is 10.3. The Morgan fingerprint density at radius 2 is 1.74 bits per heavy atom. The third-order valence-electron chi connectivity index (χ3n) is 3.19. The van der Waals surface area contributed by atoms with Crippen molar-refractivity contribution in [1.29, 1.82) is 0 Å². The molecule has 1 aliphatic rings. The van der Waals surface area contributed by atoms with E-state index in [2.05, 4.69) is 5.43 Å². The van der Waals surface area contributed by atoms with Crippen LogP contribution in [0.3, 0.4) is 0 Å². The van der Waals surface area contributed by atoms with Gasteiger partial charge in [0.1, 0.15) is 6.54 Å². The van der Waals surface area contributed by atoms with E-state index in [9.17, 15) is 4.79 Å². The Kier molecular flexibility index (Phi) is 2.76. The molecule has 19 heavy (non-hydrogen) atoms. The highest BCUT2D eigenvalue weighted by Gasteiger charge is 2.25. The molecule has 2 aromatic carbocycles. The smallest absolute Gasteiger partial charge is 0.285 e. The zero-order valence-corrected chi connectivity index (χ0v) is 10.3. The number of hydrazone groups is 1. The van der Waals surface area contributed by atoms with Crippen molar-refractivity contribution in [2.45, 2.75) is 6.54 Å². The molecule has 0 aromatic heterocycles. The first-order chi connectivity index (χ1) is 9.25. The standard InChI is InChI=1S/C15H13N3O/c16-14-13-9-5-4-8-12(13)10-18(14)17-15(19)11-6-2-1-3-7-11/h1-9,16H,10H2,(H,17,19)/p+1. The van der Waals surface area contributed by atoms with E-state index in [-0.39, 0.29) is 5.91 Å². The molecule has 4 nitrogen and oxygen atoms in total. The highest BCUT2D eigenvalue weighted by atomic mass is 16.2. The van der Waals surface area contributed by atoms with Crippen LogP contribution >= 0.6 is 0 Å². The van der Waals surface area contributed by atoms with Crippen molar-refractivity contribution >= 4 is 11.7 Å². The number of amides is 1. The molecule has 4 heteroatoms. The number of nitrogens with zero attached hydrogens (tertiary/aromatic N) is 1. The van der Waals surface area contributed by atoms with E-state index >= 15 is 0 Å². The molecule has 0 atom stereocenters. The first-order valence-corrected chi connectivity index (χ1v) is 6.10. The first kappa shape index (κ1) is 11.5. The van der Waals surface area contributed by atoms with E-state index in [1.165, 1.54) is 0 Å². The van der Waals surface area contributed by atoms with Crippen LogP contribution in [0.15, 0.2) is 54.6 Å². The summed E-state index contributed by atoms with van der Waals surface area (Å²) in [5.74, 6) is 0.427. The molecule has 1 amide bonds. The summed E-state index contributed by atoms with van der Waals surface area (Å²) < 4.78 is 1.68. The summed E-state index contributed by atoms with van der Waals surface area (Å²) in [6.45, 7) is 0.598. The van der Waals surface area contributed by atoms with Gasteiger partial charge in [-0.25, -0.2) is 0 Å². The largest absolute Gasteiger partial charge is 0.299 e. The van der Waals surface area contributed by atoms with Crippen molar-refractivity contribution in [3.05, 3.63) is 71.3 Å². The van der Waals surface area contributed by atoms with Gasteiger partial charge in [-0.1, -0.05) is 36.4 Å². The number of amidine groups is 1. The van der Waals surface area contributed by atoms with Crippen molar-refractivity contribution in [1.82, 2.24) is 5.43 Å². The van der Waals surface area contributed by atoms with Crippen molar-refractivity contribution < 1.29 is 9.48 Å². The minimum absolute atomic E-state index is 0.156.